The topological polar surface area (TPSA) is 41.6 Å². The summed E-state index contributed by atoms with van der Waals surface area (Å²) in [4.78, 5) is 14.2. The van der Waals surface area contributed by atoms with Gasteiger partial charge in [0.05, 0.1) is 13.7 Å². The normalized spacial score (nSPS) is 19.6. The summed E-state index contributed by atoms with van der Waals surface area (Å²) in [5, 5.41) is 2.98. The Bertz CT molecular complexity index is 431. The number of carbonyl (C=O) groups excluding carboxylic acids is 1. The highest BCUT2D eigenvalue weighted by molar-refractivity contribution is 5.78. The molecule has 0 unspecified atom stereocenters. The summed E-state index contributed by atoms with van der Waals surface area (Å²) in [5.74, 6) is 1.65. The van der Waals surface area contributed by atoms with Crippen molar-refractivity contribution in [3.8, 4) is 5.75 Å². The van der Waals surface area contributed by atoms with Crippen LogP contribution in [0.15, 0.2) is 24.3 Å². The molecule has 0 aliphatic carbocycles. The predicted octanol–water partition coefficient (Wildman–Crippen LogP) is 2.04. The van der Waals surface area contributed by atoms with Crippen LogP contribution in [0.1, 0.15) is 25.3 Å². The summed E-state index contributed by atoms with van der Waals surface area (Å²) in [6, 6.07) is 7.77. The van der Waals surface area contributed by atoms with Crippen molar-refractivity contribution < 1.29 is 9.53 Å². The molecule has 1 aromatic rings. The maximum absolute atomic E-state index is 11.9. The summed E-state index contributed by atoms with van der Waals surface area (Å²) in [6.07, 6.45) is 2.48. The lowest BCUT2D eigenvalue weighted by Gasteiger charge is -2.30. The van der Waals surface area contributed by atoms with E-state index in [0.717, 1.165) is 24.4 Å². The van der Waals surface area contributed by atoms with E-state index in [2.05, 4.69) is 17.1 Å². The number of carbonyl (C=O) groups is 1. The molecular formula is C16H24N2O2. The Kier molecular flexibility index (Phi) is 5.41. The molecule has 20 heavy (non-hydrogen) atoms. The molecule has 1 amide bonds. The molecule has 1 fully saturated rings. The molecule has 2 rings (SSSR count). The van der Waals surface area contributed by atoms with Crippen molar-refractivity contribution in [1.29, 1.82) is 0 Å². The number of rotatable bonds is 5. The standard InChI is InChI=1S/C16H24N2O2/c1-13-4-3-9-18(11-13)12-16(19)17-10-14-5-7-15(20-2)8-6-14/h5-8,13H,3-4,9-12H2,1-2H3,(H,17,19)/t13-/m1/s1. The minimum Gasteiger partial charge on any atom is -0.497 e. The molecule has 1 aliphatic rings. The number of ether oxygens (including phenoxy) is 1. The Balaban J connectivity index is 1.73. The molecule has 0 spiro atoms. The van der Waals surface area contributed by atoms with Crippen LogP contribution in [-0.4, -0.2) is 37.6 Å². The number of likely N-dealkylation sites (tertiary alicyclic amines) is 1. The molecule has 4 heteroatoms. The summed E-state index contributed by atoms with van der Waals surface area (Å²) in [7, 11) is 1.65. The van der Waals surface area contributed by atoms with Crippen molar-refractivity contribution in [2.75, 3.05) is 26.7 Å². The van der Waals surface area contributed by atoms with Crippen LogP contribution in [0, 0.1) is 5.92 Å². The Morgan fingerprint density at radius 2 is 2.15 bits per heavy atom. The van der Waals surface area contributed by atoms with Gasteiger partial charge in [0.15, 0.2) is 0 Å². The zero-order valence-electron chi connectivity index (χ0n) is 12.4. The van der Waals surface area contributed by atoms with Crippen LogP contribution in [0.25, 0.3) is 0 Å². The second kappa shape index (κ2) is 7.29. The predicted molar refractivity (Wildman–Crippen MR) is 79.7 cm³/mol. The maximum Gasteiger partial charge on any atom is 0.234 e. The van der Waals surface area contributed by atoms with Crippen molar-refractivity contribution in [1.82, 2.24) is 10.2 Å². The third-order valence-electron chi connectivity index (χ3n) is 3.76. The summed E-state index contributed by atoms with van der Waals surface area (Å²) in [6.45, 7) is 5.42. The SMILES string of the molecule is COc1ccc(CNC(=O)CN2CCC[C@@H](C)C2)cc1. The van der Waals surface area contributed by atoms with Crippen molar-refractivity contribution >= 4 is 5.91 Å². The highest BCUT2D eigenvalue weighted by Crippen LogP contribution is 2.15. The van der Waals surface area contributed by atoms with E-state index in [1.54, 1.807) is 7.11 Å². The van der Waals surface area contributed by atoms with Crippen molar-refractivity contribution in [3.63, 3.8) is 0 Å². The molecule has 1 atom stereocenters. The number of nitrogens with zero attached hydrogens (tertiary/aromatic N) is 1. The average molecular weight is 276 g/mol. The first-order chi connectivity index (χ1) is 9.67. The molecule has 0 radical (unpaired) electrons. The number of amides is 1. The van der Waals surface area contributed by atoms with Gasteiger partial charge in [0, 0.05) is 13.1 Å². The largest absolute Gasteiger partial charge is 0.497 e. The van der Waals surface area contributed by atoms with E-state index in [9.17, 15) is 4.79 Å². The number of hydrogen-bond donors (Lipinski definition) is 1. The number of methoxy groups -OCH3 is 1. The summed E-state index contributed by atoms with van der Waals surface area (Å²) < 4.78 is 5.11. The van der Waals surface area contributed by atoms with E-state index >= 15 is 0 Å². The minimum absolute atomic E-state index is 0.106. The van der Waals surface area contributed by atoms with Gasteiger partial charge in [0.2, 0.25) is 5.91 Å². The zero-order chi connectivity index (χ0) is 14.4. The fourth-order valence-electron chi connectivity index (χ4n) is 2.63. The molecule has 1 aliphatic heterocycles. The van der Waals surface area contributed by atoms with Gasteiger partial charge in [-0.15, -0.1) is 0 Å². The summed E-state index contributed by atoms with van der Waals surface area (Å²) in [5.41, 5.74) is 1.09. The van der Waals surface area contributed by atoms with E-state index < -0.39 is 0 Å². The van der Waals surface area contributed by atoms with Crippen LogP contribution in [0.5, 0.6) is 5.75 Å². The second-order valence-electron chi connectivity index (χ2n) is 5.61. The van der Waals surface area contributed by atoms with Gasteiger partial charge in [-0.05, 0) is 43.0 Å². The van der Waals surface area contributed by atoms with Gasteiger partial charge in [-0.3, -0.25) is 9.69 Å². The number of nitrogens with one attached hydrogen (secondary N) is 1. The molecular weight excluding hydrogens is 252 g/mol. The monoisotopic (exact) mass is 276 g/mol. The van der Waals surface area contributed by atoms with Crippen LogP contribution in [-0.2, 0) is 11.3 Å². The van der Waals surface area contributed by atoms with Gasteiger partial charge in [0.25, 0.3) is 0 Å². The second-order valence-corrected chi connectivity index (χ2v) is 5.61. The van der Waals surface area contributed by atoms with Crippen LogP contribution in [0.2, 0.25) is 0 Å². The molecule has 110 valence electrons. The van der Waals surface area contributed by atoms with Crippen molar-refractivity contribution in [2.45, 2.75) is 26.3 Å². The fraction of sp³-hybridized carbons (Fsp3) is 0.562. The van der Waals surface area contributed by atoms with Crippen LogP contribution in [0.3, 0.4) is 0 Å². The first kappa shape index (κ1) is 14.9. The molecule has 1 N–H and O–H groups in total. The third kappa shape index (κ3) is 4.53. The average Bonchev–Trinajstić information content (AvgIpc) is 2.46. The van der Waals surface area contributed by atoms with E-state index in [4.69, 9.17) is 4.74 Å². The van der Waals surface area contributed by atoms with Gasteiger partial charge in [-0.1, -0.05) is 19.1 Å². The fourth-order valence-corrected chi connectivity index (χ4v) is 2.63. The maximum atomic E-state index is 11.9. The van der Waals surface area contributed by atoms with E-state index in [-0.39, 0.29) is 5.91 Å². The molecule has 1 heterocycles. The number of hydrogen-bond acceptors (Lipinski definition) is 3. The van der Waals surface area contributed by atoms with Crippen LogP contribution < -0.4 is 10.1 Å². The molecule has 1 aromatic carbocycles. The first-order valence-electron chi connectivity index (χ1n) is 7.29. The van der Waals surface area contributed by atoms with Gasteiger partial charge in [0.1, 0.15) is 5.75 Å². The molecule has 0 aromatic heterocycles. The molecule has 0 bridgehead atoms. The highest BCUT2D eigenvalue weighted by atomic mass is 16.5. The summed E-state index contributed by atoms with van der Waals surface area (Å²) >= 11 is 0. The molecule has 0 saturated carbocycles. The number of benzene rings is 1. The first-order valence-corrected chi connectivity index (χ1v) is 7.29. The molecule has 4 nitrogen and oxygen atoms in total. The molecule has 1 saturated heterocycles. The van der Waals surface area contributed by atoms with Crippen molar-refractivity contribution in [3.05, 3.63) is 29.8 Å². The van der Waals surface area contributed by atoms with Crippen molar-refractivity contribution in [2.24, 2.45) is 5.92 Å². The number of piperidine rings is 1. The lowest BCUT2D eigenvalue weighted by atomic mass is 10.0. The Labute approximate surface area is 121 Å². The lowest BCUT2D eigenvalue weighted by molar-refractivity contribution is -0.122. The quantitative estimate of drug-likeness (QED) is 0.895. The van der Waals surface area contributed by atoms with E-state index in [1.165, 1.54) is 12.8 Å². The lowest BCUT2D eigenvalue weighted by Crippen LogP contribution is -2.41. The van der Waals surface area contributed by atoms with Gasteiger partial charge in [-0.2, -0.15) is 0 Å². The Hall–Kier alpha value is -1.55. The highest BCUT2D eigenvalue weighted by Gasteiger charge is 2.18. The van der Waals surface area contributed by atoms with E-state index in [1.807, 2.05) is 24.3 Å². The van der Waals surface area contributed by atoms with Gasteiger partial charge >= 0.3 is 0 Å². The third-order valence-corrected chi connectivity index (χ3v) is 3.76. The van der Waals surface area contributed by atoms with Gasteiger partial charge < -0.3 is 10.1 Å². The van der Waals surface area contributed by atoms with Crippen LogP contribution >= 0.6 is 0 Å². The smallest absolute Gasteiger partial charge is 0.234 e. The Morgan fingerprint density at radius 1 is 1.40 bits per heavy atom. The Morgan fingerprint density at radius 3 is 2.80 bits per heavy atom. The van der Waals surface area contributed by atoms with E-state index in [0.29, 0.717) is 19.0 Å². The van der Waals surface area contributed by atoms with Crippen LogP contribution in [0.4, 0.5) is 0 Å². The minimum atomic E-state index is 0.106. The van der Waals surface area contributed by atoms with Gasteiger partial charge in [-0.25, -0.2) is 0 Å². The zero-order valence-corrected chi connectivity index (χ0v) is 12.4.